The van der Waals surface area contributed by atoms with Crippen molar-refractivity contribution in [2.24, 2.45) is 0 Å². The number of thiazole rings is 1. The molecule has 3 rings (SSSR count). The minimum atomic E-state index is -0.0163. The van der Waals surface area contributed by atoms with Crippen LogP contribution in [0.3, 0.4) is 0 Å². The third-order valence-corrected chi connectivity index (χ3v) is 4.56. The highest BCUT2D eigenvalue weighted by Crippen LogP contribution is 2.13. The molecule has 0 saturated heterocycles. The quantitative estimate of drug-likeness (QED) is 0.655. The Labute approximate surface area is 130 Å². The van der Waals surface area contributed by atoms with E-state index in [9.17, 15) is 4.79 Å². The fourth-order valence-corrected chi connectivity index (χ4v) is 3.31. The lowest BCUT2D eigenvalue weighted by molar-refractivity contribution is 0.344. The molecule has 6 heteroatoms. The molecule has 0 atom stereocenters. The fourth-order valence-electron chi connectivity index (χ4n) is 1.87. The predicted octanol–water partition coefficient (Wildman–Crippen LogP) is 3.07. The Morgan fingerprint density at radius 3 is 3.00 bits per heavy atom. The zero-order valence-electron chi connectivity index (χ0n) is 11.3. The summed E-state index contributed by atoms with van der Waals surface area (Å²) in [5, 5.41) is 1.87. The van der Waals surface area contributed by atoms with E-state index in [1.807, 2.05) is 35.7 Å². The van der Waals surface area contributed by atoms with Crippen molar-refractivity contribution in [3.63, 3.8) is 0 Å². The van der Waals surface area contributed by atoms with Gasteiger partial charge in [0.15, 0.2) is 4.96 Å². The second-order valence-electron chi connectivity index (χ2n) is 4.36. The minimum absolute atomic E-state index is 0.0163. The molecule has 0 radical (unpaired) electrons. The number of hydrogen-bond donors (Lipinski definition) is 0. The third kappa shape index (κ3) is 3.65. The fraction of sp³-hybridized carbons (Fsp3) is 0.200. The first kappa shape index (κ1) is 14.2. The number of aromatic nitrogens is 2. The van der Waals surface area contributed by atoms with Crippen LogP contribution in [-0.4, -0.2) is 21.7 Å². The molecule has 0 spiro atoms. The molecule has 4 nitrogen and oxygen atoms in total. The van der Waals surface area contributed by atoms with E-state index in [2.05, 4.69) is 4.98 Å². The molecular weight excluding hydrogens is 304 g/mol. The standard InChI is InChI=1S/C15H14N2O2S2/c18-14-10-12(16-15-17(14)6-8-21-15)11-20-9-7-19-13-4-2-1-3-5-13/h1-6,8,10H,7,9,11H2. The number of para-hydroxylation sites is 1. The lowest BCUT2D eigenvalue weighted by Gasteiger charge is -2.05. The van der Waals surface area contributed by atoms with Gasteiger partial charge in [0, 0.05) is 29.1 Å². The lowest BCUT2D eigenvalue weighted by Crippen LogP contribution is -2.12. The molecule has 0 fully saturated rings. The van der Waals surface area contributed by atoms with Crippen molar-refractivity contribution >= 4 is 28.1 Å². The van der Waals surface area contributed by atoms with Gasteiger partial charge in [-0.05, 0) is 12.1 Å². The van der Waals surface area contributed by atoms with Crippen LogP contribution in [0.5, 0.6) is 5.75 Å². The van der Waals surface area contributed by atoms with Crippen molar-refractivity contribution in [1.29, 1.82) is 0 Å². The van der Waals surface area contributed by atoms with Crippen LogP contribution in [0.15, 0.2) is 52.8 Å². The van der Waals surface area contributed by atoms with Crippen molar-refractivity contribution in [3.05, 3.63) is 64.0 Å². The summed E-state index contributed by atoms with van der Waals surface area (Å²) < 4.78 is 7.19. The molecule has 0 amide bonds. The second-order valence-corrected chi connectivity index (χ2v) is 6.33. The molecule has 108 valence electrons. The zero-order valence-corrected chi connectivity index (χ0v) is 12.9. The summed E-state index contributed by atoms with van der Waals surface area (Å²) in [7, 11) is 0. The molecule has 0 aliphatic rings. The monoisotopic (exact) mass is 318 g/mol. The van der Waals surface area contributed by atoms with Crippen molar-refractivity contribution in [2.75, 3.05) is 12.4 Å². The first-order chi connectivity index (χ1) is 10.3. The average molecular weight is 318 g/mol. The van der Waals surface area contributed by atoms with Crippen LogP contribution in [0.25, 0.3) is 4.96 Å². The molecule has 0 bridgehead atoms. The van der Waals surface area contributed by atoms with Crippen LogP contribution >= 0.6 is 23.1 Å². The van der Waals surface area contributed by atoms with E-state index in [4.69, 9.17) is 4.74 Å². The number of thioether (sulfide) groups is 1. The predicted molar refractivity (Wildman–Crippen MR) is 87.4 cm³/mol. The summed E-state index contributed by atoms with van der Waals surface area (Å²) >= 11 is 3.19. The highest BCUT2D eigenvalue weighted by molar-refractivity contribution is 7.98. The van der Waals surface area contributed by atoms with E-state index >= 15 is 0 Å². The minimum Gasteiger partial charge on any atom is -0.493 e. The maximum atomic E-state index is 11.8. The number of nitrogens with zero attached hydrogens (tertiary/aromatic N) is 2. The van der Waals surface area contributed by atoms with Gasteiger partial charge in [-0.2, -0.15) is 11.8 Å². The molecule has 0 aliphatic carbocycles. The van der Waals surface area contributed by atoms with Crippen molar-refractivity contribution < 1.29 is 4.74 Å². The number of ether oxygens (including phenoxy) is 1. The van der Waals surface area contributed by atoms with Crippen LogP contribution in [0, 0.1) is 0 Å². The SMILES string of the molecule is O=c1cc(CSCCOc2ccccc2)nc2sccn12. The Balaban J connectivity index is 1.49. The molecule has 0 saturated carbocycles. The summed E-state index contributed by atoms with van der Waals surface area (Å²) in [6.45, 7) is 0.648. The van der Waals surface area contributed by atoms with Gasteiger partial charge < -0.3 is 4.74 Å². The van der Waals surface area contributed by atoms with Crippen molar-refractivity contribution in [1.82, 2.24) is 9.38 Å². The van der Waals surface area contributed by atoms with Gasteiger partial charge in [-0.3, -0.25) is 9.20 Å². The van der Waals surface area contributed by atoms with Gasteiger partial charge >= 0.3 is 0 Å². The van der Waals surface area contributed by atoms with Gasteiger partial charge in [0.05, 0.1) is 12.3 Å². The second kappa shape index (κ2) is 6.78. The topological polar surface area (TPSA) is 43.6 Å². The normalized spacial score (nSPS) is 10.9. The van der Waals surface area contributed by atoms with E-state index in [1.165, 1.54) is 11.3 Å². The average Bonchev–Trinajstić information content (AvgIpc) is 2.97. The number of benzene rings is 1. The van der Waals surface area contributed by atoms with Gasteiger partial charge in [0.25, 0.3) is 5.56 Å². The smallest absolute Gasteiger partial charge is 0.258 e. The first-order valence-electron chi connectivity index (χ1n) is 6.54. The van der Waals surface area contributed by atoms with Gasteiger partial charge in [-0.1, -0.05) is 18.2 Å². The summed E-state index contributed by atoms with van der Waals surface area (Å²) in [4.78, 5) is 17.1. The molecule has 21 heavy (non-hydrogen) atoms. The van der Waals surface area contributed by atoms with Gasteiger partial charge in [0.2, 0.25) is 0 Å². The molecule has 2 aromatic heterocycles. The molecule has 0 aliphatic heterocycles. The molecule has 1 aromatic carbocycles. The van der Waals surface area contributed by atoms with Crippen LogP contribution in [0.1, 0.15) is 5.69 Å². The van der Waals surface area contributed by atoms with Crippen molar-refractivity contribution in [3.8, 4) is 5.75 Å². The Morgan fingerprint density at radius 1 is 1.29 bits per heavy atom. The maximum absolute atomic E-state index is 11.8. The Hall–Kier alpha value is -1.79. The summed E-state index contributed by atoms with van der Waals surface area (Å²) in [5.74, 6) is 2.47. The summed E-state index contributed by atoms with van der Waals surface area (Å²) in [6, 6.07) is 11.4. The Kier molecular flexibility index (Phi) is 4.57. The summed E-state index contributed by atoms with van der Waals surface area (Å²) in [6.07, 6.45) is 1.75. The number of fused-ring (bicyclic) bond motifs is 1. The van der Waals surface area contributed by atoms with Crippen LogP contribution in [0.4, 0.5) is 0 Å². The van der Waals surface area contributed by atoms with E-state index < -0.39 is 0 Å². The molecule has 3 aromatic rings. The van der Waals surface area contributed by atoms with Gasteiger partial charge in [-0.15, -0.1) is 11.3 Å². The first-order valence-corrected chi connectivity index (χ1v) is 8.58. The summed E-state index contributed by atoms with van der Waals surface area (Å²) in [5.41, 5.74) is 0.810. The zero-order chi connectivity index (χ0) is 14.5. The number of rotatable bonds is 6. The van der Waals surface area contributed by atoms with Crippen molar-refractivity contribution in [2.45, 2.75) is 5.75 Å². The Morgan fingerprint density at radius 2 is 2.14 bits per heavy atom. The van der Waals surface area contributed by atoms with Crippen LogP contribution in [0.2, 0.25) is 0 Å². The number of hydrogen-bond acceptors (Lipinski definition) is 5. The van der Waals surface area contributed by atoms with E-state index in [0.29, 0.717) is 6.61 Å². The highest BCUT2D eigenvalue weighted by Gasteiger charge is 2.03. The molecule has 2 heterocycles. The highest BCUT2D eigenvalue weighted by atomic mass is 32.2. The molecule has 0 N–H and O–H groups in total. The molecule has 0 unspecified atom stereocenters. The van der Waals surface area contributed by atoms with E-state index in [-0.39, 0.29) is 5.56 Å². The van der Waals surface area contributed by atoms with Crippen LogP contribution in [-0.2, 0) is 5.75 Å². The largest absolute Gasteiger partial charge is 0.493 e. The van der Waals surface area contributed by atoms with Gasteiger partial charge in [-0.25, -0.2) is 4.98 Å². The third-order valence-electron chi connectivity index (χ3n) is 2.85. The van der Waals surface area contributed by atoms with Crippen LogP contribution < -0.4 is 10.3 Å². The molecular formula is C15H14N2O2S2. The van der Waals surface area contributed by atoms with Gasteiger partial charge in [0.1, 0.15) is 5.75 Å². The van der Waals surface area contributed by atoms with E-state index in [0.717, 1.165) is 27.9 Å². The van der Waals surface area contributed by atoms with E-state index in [1.54, 1.807) is 28.4 Å². The Bertz CT molecular complexity index is 768. The maximum Gasteiger partial charge on any atom is 0.258 e. The lowest BCUT2D eigenvalue weighted by atomic mass is 10.3.